The standard InChI is InChI=1S/C21H31ClFN3O4S/c1-14(2)20(25-12-15(3)30-16(4)13-25)21(27)24-7-9-26(10-8-24)31(28,29)17-5-6-19(23)18(22)11-17/h5-6,11,14-16,20H,7-10,12-13H2,1-4H3. The van der Waals surface area contributed by atoms with Crippen molar-refractivity contribution < 1.29 is 22.3 Å². The van der Waals surface area contributed by atoms with Crippen LogP contribution in [-0.2, 0) is 19.6 Å². The van der Waals surface area contributed by atoms with Crippen LogP contribution in [0, 0.1) is 11.7 Å². The molecule has 3 unspecified atom stereocenters. The Morgan fingerprint density at radius 2 is 1.71 bits per heavy atom. The number of amides is 1. The predicted molar refractivity (Wildman–Crippen MR) is 117 cm³/mol. The molecule has 0 spiro atoms. The molecule has 0 bridgehead atoms. The van der Waals surface area contributed by atoms with Gasteiger partial charge in [-0.25, -0.2) is 12.8 Å². The van der Waals surface area contributed by atoms with Gasteiger partial charge in [0.1, 0.15) is 5.82 Å². The topological polar surface area (TPSA) is 70.2 Å². The molecule has 0 radical (unpaired) electrons. The summed E-state index contributed by atoms with van der Waals surface area (Å²) in [6, 6.07) is 3.11. The molecule has 0 N–H and O–H groups in total. The maximum Gasteiger partial charge on any atom is 0.243 e. The highest BCUT2D eigenvalue weighted by molar-refractivity contribution is 7.89. The summed E-state index contributed by atoms with van der Waals surface area (Å²) in [7, 11) is -3.80. The number of ether oxygens (including phenoxy) is 1. The number of hydrogen-bond acceptors (Lipinski definition) is 5. The van der Waals surface area contributed by atoms with Gasteiger partial charge < -0.3 is 9.64 Å². The third-order valence-corrected chi connectivity index (χ3v) is 7.99. The third-order valence-electron chi connectivity index (χ3n) is 5.80. The lowest BCUT2D eigenvalue weighted by Crippen LogP contribution is -2.60. The van der Waals surface area contributed by atoms with Crippen LogP contribution in [0.2, 0.25) is 5.02 Å². The molecule has 31 heavy (non-hydrogen) atoms. The van der Waals surface area contributed by atoms with Crippen molar-refractivity contribution in [1.82, 2.24) is 14.1 Å². The summed E-state index contributed by atoms with van der Waals surface area (Å²) in [5.74, 6) is -0.520. The van der Waals surface area contributed by atoms with Crippen LogP contribution in [0.3, 0.4) is 0 Å². The summed E-state index contributed by atoms with van der Waals surface area (Å²) in [6.07, 6.45) is 0.115. The monoisotopic (exact) mass is 475 g/mol. The van der Waals surface area contributed by atoms with E-state index in [2.05, 4.69) is 4.90 Å². The summed E-state index contributed by atoms with van der Waals surface area (Å²) < 4.78 is 46.4. The smallest absolute Gasteiger partial charge is 0.243 e. The van der Waals surface area contributed by atoms with E-state index in [1.807, 2.05) is 27.7 Å². The number of nitrogens with zero attached hydrogens (tertiary/aromatic N) is 3. The number of piperazine rings is 1. The molecule has 1 aromatic carbocycles. The number of benzene rings is 1. The lowest BCUT2D eigenvalue weighted by molar-refractivity contribution is -0.146. The molecule has 7 nitrogen and oxygen atoms in total. The highest BCUT2D eigenvalue weighted by atomic mass is 35.5. The fraction of sp³-hybridized carbons (Fsp3) is 0.667. The van der Waals surface area contributed by atoms with Crippen molar-refractivity contribution in [2.75, 3.05) is 39.3 Å². The molecule has 2 saturated heterocycles. The highest BCUT2D eigenvalue weighted by Crippen LogP contribution is 2.25. The molecule has 0 aliphatic carbocycles. The van der Waals surface area contributed by atoms with Crippen molar-refractivity contribution in [2.45, 2.75) is 50.8 Å². The summed E-state index contributed by atoms with van der Waals surface area (Å²) in [4.78, 5) is 17.3. The van der Waals surface area contributed by atoms with Gasteiger partial charge in [-0.15, -0.1) is 0 Å². The normalized spacial score (nSPS) is 25.1. The zero-order chi connectivity index (χ0) is 22.9. The minimum atomic E-state index is -3.80. The average Bonchev–Trinajstić information content (AvgIpc) is 2.69. The van der Waals surface area contributed by atoms with Crippen LogP contribution < -0.4 is 0 Å². The van der Waals surface area contributed by atoms with E-state index in [-0.39, 0.29) is 53.1 Å². The van der Waals surface area contributed by atoms with E-state index in [1.54, 1.807) is 4.90 Å². The molecule has 2 aliphatic heterocycles. The van der Waals surface area contributed by atoms with E-state index in [0.717, 1.165) is 12.1 Å². The first-order valence-corrected chi connectivity index (χ1v) is 12.5. The second-order valence-corrected chi connectivity index (χ2v) is 11.1. The molecule has 3 rings (SSSR count). The van der Waals surface area contributed by atoms with Gasteiger partial charge in [0.25, 0.3) is 0 Å². The summed E-state index contributed by atoms with van der Waals surface area (Å²) in [5.41, 5.74) is 0. The third kappa shape index (κ3) is 5.39. The summed E-state index contributed by atoms with van der Waals surface area (Å²) in [6.45, 7) is 10.5. The van der Waals surface area contributed by atoms with Crippen molar-refractivity contribution in [3.63, 3.8) is 0 Å². The first-order valence-electron chi connectivity index (χ1n) is 10.6. The molecule has 10 heteroatoms. The number of halogens is 2. The van der Waals surface area contributed by atoms with Gasteiger partial charge in [0.05, 0.1) is 28.2 Å². The Labute approximate surface area is 189 Å². The molecule has 2 aliphatic rings. The zero-order valence-electron chi connectivity index (χ0n) is 18.4. The lowest BCUT2D eigenvalue weighted by atomic mass is 9.98. The van der Waals surface area contributed by atoms with Gasteiger partial charge in [0, 0.05) is 39.3 Å². The maximum atomic E-state index is 13.4. The van der Waals surface area contributed by atoms with Crippen LogP contribution in [0.4, 0.5) is 4.39 Å². The predicted octanol–water partition coefficient (Wildman–Crippen LogP) is 2.45. The van der Waals surface area contributed by atoms with Crippen LogP contribution in [-0.4, -0.2) is 85.9 Å². The van der Waals surface area contributed by atoms with Gasteiger partial charge in [-0.3, -0.25) is 9.69 Å². The van der Waals surface area contributed by atoms with Crippen LogP contribution in [0.25, 0.3) is 0 Å². The molecule has 0 aromatic heterocycles. The van der Waals surface area contributed by atoms with Gasteiger partial charge in [-0.1, -0.05) is 25.4 Å². The van der Waals surface area contributed by atoms with Gasteiger partial charge in [0.15, 0.2) is 0 Å². The van der Waals surface area contributed by atoms with E-state index in [0.29, 0.717) is 26.2 Å². The largest absolute Gasteiger partial charge is 0.373 e. The van der Waals surface area contributed by atoms with Crippen molar-refractivity contribution in [3.05, 3.63) is 29.0 Å². The number of sulfonamides is 1. The van der Waals surface area contributed by atoms with Gasteiger partial charge in [0.2, 0.25) is 15.9 Å². The van der Waals surface area contributed by atoms with E-state index in [9.17, 15) is 17.6 Å². The molecule has 1 amide bonds. The number of carbonyl (C=O) groups is 1. The number of carbonyl (C=O) groups excluding carboxylic acids is 1. The zero-order valence-corrected chi connectivity index (χ0v) is 20.0. The Morgan fingerprint density at radius 1 is 1.13 bits per heavy atom. The van der Waals surface area contributed by atoms with Crippen LogP contribution in [0.15, 0.2) is 23.1 Å². The summed E-state index contributed by atoms with van der Waals surface area (Å²) in [5, 5.41) is -0.233. The molecule has 3 atom stereocenters. The number of hydrogen-bond donors (Lipinski definition) is 0. The van der Waals surface area contributed by atoms with Crippen LogP contribution in [0.1, 0.15) is 27.7 Å². The van der Waals surface area contributed by atoms with E-state index in [4.69, 9.17) is 16.3 Å². The van der Waals surface area contributed by atoms with E-state index in [1.165, 1.54) is 10.4 Å². The van der Waals surface area contributed by atoms with E-state index >= 15 is 0 Å². The number of rotatable bonds is 5. The Morgan fingerprint density at radius 3 is 2.23 bits per heavy atom. The Balaban J connectivity index is 1.68. The highest BCUT2D eigenvalue weighted by Gasteiger charge is 2.38. The second-order valence-electron chi connectivity index (χ2n) is 8.71. The van der Waals surface area contributed by atoms with Crippen molar-refractivity contribution >= 4 is 27.5 Å². The minimum absolute atomic E-state index is 0.0261. The molecule has 1 aromatic rings. The van der Waals surface area contributed by atoms with E-state index < -0.39 is 15.8 Å². The molecular formula is C21H31ClFN3O4S. The molecule has 174 valence electrons. The Bertz CT molecular complexity index is 896. The second kappa shape index (κ2) is 9.70. The molecule has 2 heterocycles. The SMILES string of the molecule is CC1CN(C(C(=O)N2CCN(S(=O)(=O)c3ccc(F)c(Cl)c3)CC2)C(C)C)CC(C)O1. The van der Waals surface area contributed by atoms with Gasteiger partial charge in [-0.2, -0.15) is 4.31 Å². The summed E-state index contributed by atoms with van der Waals surface area (Å²) >= 11 is 5.76. The average molecular weight is 476 g/mol. The Kier molecular flexibility index (Phi) is 7.63. The quantitative estimate of drug-likeness (QED) is 0.654. The fourth-order valence-corrected chi connectivity index (χ4v) is 6.12. The van der Waals surface area contributed by atoms with Gasteiger partial charge >= 0.3 is 0 Å². The van der Waals surface area contributed by atoms with Crippen LogP contribution >= 0.6 is 11.6 Å². The molecule has 2 fully saturated rings. The first-order chi connectivity index (χ1) is 14.5. The maximum absolute atomic E-state index is 13.4. The Hall–Kier alpha value is -1.26. The number of morpholine rings is 1. The minimum Gasteiger partial charge on any atom is -0.373 e. The van der Waals surface area contributed by atoms with Crippen molar-refractivity contribution in [2.24, 2.45) is 5.92 Å². The van der Waals surface area contributed by atoms with Crippen molar-refractivity contribution in [3.8, 4) is 0 Å². The van der Waals surface area contributed by atoms with Gasteiger partial charge in [-0.05, 0) is 38.0 Å². The molecular weight excluding hydrogens is 445 g/mol. The van der Waals surface area contributed by atoms with Crippen LogP contribution in [0.5, 0.6) is 0 Å². The van der Waals surface area contributed by atoms with Crippen molar-refractivity contribution in [1.29, 1.82) is 0 Å². The molecule has 0 saturated carbocycles. The fourth-order valence-electron chi connectivity index (χ4n) is 4.43. The lowest BCUT2D eigenvalue weighted by Gasteiger charge is -2.43. The first kappa shape index (κ1) is 24.4.